The smallest absolute Gasteiger partial charge is 0.234 e. The largest absolute Gasteiger partial charge is 0.368 e. The number of anilines is 2. The second-order valence-corrected chi connectivity index (χ2v) is 9.55. The molecule has 2 heterocycles. The Morgan fingerprint density at radius 3 is 2.44 bits per heavy atom. The van der Waals surface area contributed by atoms with E-state index in [1.54, 1.807) is 11.3 Å². The highest BCUT2D eigenvalue weighted by Gasteiger charge is 2.20. The van der Waals surface area contributed by atoms with Crippen molar-refractivity contribution in [1.82, 2.24) is 9.88 Å². The highest BCUT2D eigenvalue weighted by molar-refractivity contribution is 8.01. The Hall–Kier alpha value is -2.84. The van der Waals surface area contributed by atoms with Crippen LogP contribution in [0.5, 0.6) is 0 Å². The minimum atomic E-state index is -0.0501. The van der Waals surface area contributed by atoms with E-state index in [1.807, 2.05) is 71.8 Å². The Bertz CT molecular complexity index is 1050. The highest BCUT2D eigenvalue weighted by atomic mass is 32.2. The van der Waals surface area contributed by atoms with Gasteiger partial charge in [-0.1, -0.05) is 49.0 Å². The lowest BCUT2D eigenvalue weighted by Gasteiger charge is -2.36. The van der Waals surface area contributed by atoms with Gasteiger partial charge in [-0.25, -0.2) is 4.98 Å². The van der Waals surface area contributed by atoms with Gasteiger partial charge in [-0.15, -0.1) is 11.3 Å². The van der Waals surface area contributed by atoms with Gasteiger partial charge in [0.15, 0.2) is 4.34 Å². The molecule has 0 bridgehead atoms. The van der Waals surface area contributed by atoms with Crippen LogP contribution in [0.2, 0.25) is 0 Å². The number of nitrogens with zero attached hydrogens (tertiary/aromatic N) is 3. The second-order valence-electron chi connectivity index (χ2n) is 7.47. The predicted octanol–water partition coefficient (Wildman–Crippen LogP) is 4.60. The zero-order chi connectivity index (χ0) is 22.3. The van der Waals surface area contributed by atoms with E-state index in [1.165, 1.54) is 11.8 Å². The first-order valence-corrected chi connectivity index (χ1v) is 12.6. The van der Waals surface area contributed by atoms with Crippen LogP contribution in [-0.2, 0) is 9.59 Å². The van der Waals surface area contributed by atoms with Gasteiger partial charge >= 0.3 is 0 Å². The van der Waals surface area contributed by atoms with E-state index in [0.29, 0.717) is 12.2 Å². The van der Waals surface area contributed by atoms with E-state index < -0.39 is 0 Å². The van der Waals surface area contributed by atoms with Gasteiger partial charge in [0.1, 0.15) is 0 Å². The molecule has 0 aliphatic carbocycles. The third kappa shape index (κ3) is 5.69. The molecule has 8 heteroatoms. The molecule has 4 rings (SSSR count). The van der Waals surface area contributed by atoms with Crippen molar-refractivity contribution in [1.29, 1.82) is 0 Å². The van der Waals surface area contributed by atoms with Crippen LogP contribution < -0.4 is 10.2 Å². The fourth-order valence-electron chi connectivity index (χ4n) is 3.58. The molecule has 2 amide bonds. The fraction of sp³-hybridized carbons (Fsp3) is 0.292. The molecule has 0 saturated carbocycles. The predicted molar refractivity (Wildman–Crippen MR) is 132 cm³/mol. The summed E-state index contributed by atoms with van der Waals surface area (Å²) in [5.74, 6) is 0.484. The molecule has 6 nitrogen and oxygen atoms in total. The summed E-state index contributed by atoms with van der Waals surface area (Å²) in [4.78, 5) is 33.0. The zero-order valence-corrected chi connectivity index (χ0v) is 19.6. The number of hydrogen-bond donors (Lipinski definition) is 1. The standard InChI is InChI=1S/C24H26N4O2S2/c1-2-23(30)28-14-12-27(13-15-28)20-10-8-19(9-11-20)25-22(29)17-32-24-26-21(16-31-24)18-6-4-3-5-7-18/h3-11,16H,2,12-15,17H2,1H3,(H,25,29). The van der Waals surface area contributed by atoms with Crippen LogP contribution in [0.1, 0.15) is 13.3 Å². The van der Waals surface area contributed by atoms with Crippen LogP contribution in [0.25, 0.3) is 11.3 Å². The molecular weight excluding hydrogens is 440 g/mol. The number of amides is 2. The number of piperazine rings is 1. The minimum Gasteiger partial charge on any atom is -0.368 e. The lowest BCUT2D eigenvalue weighted by Crippen LogP contribution is -2.48. The SMILES string of the molecule is CCC(=O)N1CCN(c2ccc(NC(=O)CSc3nc(-c4ccccc4)cs3)cc2)CC1. The molecular formula is C24H26N4O2S2. The number of nitrogens with one attached hydrogen (secondary N) is 1. The van der Waals surface area contributed by atoms with Gasteiger partial charge < -0.3 is 15.1 Å². The van der Waals surface area contributed by atoms with Gasteiger partial charge in [-0.3, -0.25) is 9.59 Å². The monoisotopic (exact) mass is 466 g/mol. The molecule has 2 aromatic carbocycles. The Kier molecular flexibility index (Phi) is 7.44. The first kappa shape index (κ1) is 22.4. The molecule has 0 radical (unpaired) electrons. The molecule has 1 fully saturated rings. The van der Waals surface area contributed by atoms with Gasteiger partial charge in [0, 0.05) is 54.9 Å². The molecule has 166 valence electrons. The third-order valence-corrected chi connectivity index (χ3v) is 7.35. The molecule has 0 atom stereocenters. The summed E-state index contributed by atoms with van der Waals surface area (Å²) in [7, 11) is 0. The maximum absolute atomic E-state index is 12.4. The molecule has 3 aromatic rings. The normalized spacial score (nSPS) is 13.8. The quantitative estimate of drug-likeness (QED) is 0.516. The molecule has 1 aliphatic heterocycles. The maximum atomic E-state index is 12.4. The zero-order valence-electron chi connectivity index (χ0n) is 18.0. The lowest BCUT2D eigenvalue weighted by molar-refractivity contribution is -0.131. The second kappa shape index (κ2) is 10.7. The van der Waals surface area contributed by atoms with Gasteiger partial charge in [0.05, 0.1) is 11.4 Å². The number of thiazole rings is 1. The summed E-state index contributed by atoms with van der Waals surface area (Å²) in [5, 5.41) is 4.98. The molecule has 1 aliphatic rings. The Labute approximate surface area is 196 Å². The summed E-state index contributed by atoms with van der Waals surface area (Å²) in [6.45, 7) is 5.06. The summed E-state index contributed by atoms with van der Waals surface area (Å²) in [5.41, 5.74) is 3.91. The van der Waals surface area contributed by atoms with Crippen molar-refractivity contribution in [2.24, 2.45) is 0 Å². The number of hydrogen-bond acceptors (Lipinski definition) is 6. The van der Waals surface area contributed by atoms with E-state index >= 15 is 0 Å². The van der Waals surface area contributed by atoms with Crippen molar-refractivity contribution < 1.29 is 9.59 Å². The van der Waals surface area contributed by atoms with Crippen molar-refractivity contribution in [3.63, 3.8) is 0 Å². The fourth-order valence-corrected chi connectivity index (χ4v) is 5.22. The molecule has 0 unspecified atom stereocenters. The molecule has 32 heavy (non-hydrogen) atoms. The molecule has 1 N–H and O–H groups in total. The Balaban J connectivity index is 1.25. The summed E-state index contributed by atoms with van der Waals surface area (Å²) in [6.07, 6.45) is 0.559. The summed E-state index contributed by atoms with van der Waals surface area (Å²) in [6, 6.07) is 17.9. The van der Waals surface area contributed by atoms with E-state index in [9.17, 15) is 9.59 Å². The van der Waals surface area contributed by atoms with Gasteiger partial charge in [-0.05, 0) is 24.3 Å². The van der Waals surface area contributed by atoms with Crippen molar-refractivity contribution in [2.45, 2.75) is 17.7 Å². The van der Waals surface area contributed by atoms with Gasteiger partial charge in [-0.2, -0.15) is 0 Å². The van der Waals surface area contributed by atoms with Crippen molar-refractivity contribution in [3.05, 3.63) is 60.0 Å². The Morgan fingerprint density at radius 2 is 1.75 bits per heavy atom. The lowest BCUT2D eigenvalue weighted by atomic mass is 10.2. The Morgan fingerprint density at radius 1 is 1.03 bits per heavy atom. The first-order valence-electron chi connectivity index (χ1n) is 10.7. The number of carbonyl (C=O) groups is 2. The average molecular weight is 467 g/mol. The van der Waals surface area contributed by atoms with E-state index in [0.717, 1.165) is 53.2 Å². The summed E-state index contributed by atoms with van der Waals surface area (Å²) >= 11 is 3.00. The van der Waals surface area contributed by atoms with E-state index in [-0.39, 0.29) is 11.8 Å². The molecule has 1 saturated heterocycles. The van der Waals surface area contributed by atoms with Crippen LogP contribution in [0.15, 0.2) is 64.3 Å². The van der Waals surface area contributed by atoms with Crippen LogP contribution in [0, 0.1) is 0 Å². The maximum Gasteiger partial charge on any atom is 0.234 e. The van der Waals surface area contributed by atoms with Crippen LogP contribution in [0.3, 0.4) is 0 Å². The van der Waals surface area contributed by atoms with E-state index in [2.05, 4.69) is 15.2 Å². The van der Waals surface area contributed by atoms with E-state index in [4.69, 9.17) is 0 Å². The number of thioether (sulfide) groups is 1. The topological polar surface area (TPSA) is 65.5 Å². The average Bonchev–Trinajstić information content (AvgIpc) is 3.33. The van der Waals surface area contributed by atoms with Crippen molar-refractivity contribution in [2.75, 3.05) is 42.1 Å². The van der Waals surface area contributed by atoms with Gasteiger partial charge in [0.25, 0.3) is 0 Å². The first-order chi connectivity index (χ1) is 15.6. The molecule has 0 spiro atoms. The third-order valence-electron chi connectivity index (χ3n) is 5.33. The number of rotatable bonds is 7. The van der Waals surface area contributed by atoms with Crippen molar-refractivity contribution >= 4 is 46.3 Å². The highest BCUT2D eigenvalue weighted by Crippen LogP contribution is 2.28. The molecule has 1 aromatic heterocycles. The van der Waals surface area contributed by atoms with Crippen LogP contribution >= 0.6 is 23.1 Å². The van der Waals surface area contributed by atoms with Gasteiger partial charge in [0.2, 0.25) is 11.8 Å². The number of benzene rings is 2. The van der Waals surface area contributed by atoms with Crippen LogP contribution in [0.4, 0.5) is 11.4 Å². The number of carbonyl (C=O) groups excluding carboxylic acids is 2. The minimum absolute atomic E-state index is 0.0501. The number of aromatic nitrogens is 1. The van der Waals surface area contributed by atoms with Crippen molar-refractivity contribution in [3.8, 4) is 11.3 Å². The van der Waals surface area contributed by atoms with Crippen LogP contribution in [-0.4, -0.2) is 53.6 Å². The summed E-state index contributed by atoms with van der Waals surface area (Å²) < 4.78 is 0.884.